The lowest BCUT2D eigenvalue weighted by molar-refractivity contribution is 0.669. The lowest BCUT2D eigenvalue weighted by Crippen LogP contribution is -1.84. The summed E-state index contributed by atoms with van der Waals surface area (Å²) >= 11 is 0. The first-order chi connectivity index (χ1) is 17.8. The minimum atomic E-state index is 0.674. The Labute approximate surface area is 207 Å². The van der Waals surface area contributed by atoms with Gasteiger partial charge >= 0.3 is 0 Å². The molecule has 0 atom stereocenters. The van der Waals surface area contributed by atoms with E-state index in [0.717, 1.165) is 50.0 Å². The Morgan fingerprint density at radius 2 is 1.22 bits per heavy atom. The third-order valence-electron chi connectivity index (χ3n) is 6.57. The van der Waals surface area contributed by atoms with Gasteiger partial charge in [0.1, 0.15) is 11.2 Å². The molecule has 2 heterocycles. The maximum absolute atomic E-state index is 6.31. The molecule has 0 spiro atoms. The minimum Gasteiger partial charge on any atom is -0.456 e. The summed E-state index contributed by atoms with van der Waals surface area (Å²) < 4.78 is 6.31. The number of furan rings is 1. The molecule has 7 aromatic rings. The molecule has 5 aromatic carbocycles. The Morgan fingerprint density at radius 1 is 0.528 bits per heavy atom. The number of aromatic amines is 1. The molecular weight excluding hydrogens is 442 g/mol. The summed E-state index contributed by atoms with van der Waals surface area (Å²) in [5, 5.41) is 9.78. The van der Waals surface area contributed by atoms with Gasteiger partial charge in [0, 0.05) is 21.9 Å². The maximum Gasteiger partial charge on any atom is 0.181 e. The molecule has 0 amide bonds. The summed E-state index contributed by atoms with van der Waals surface area (Å²) in [5.74, 6) is 1.43. The molecule has 0 fully saturated rings. The van der Waals surface area contributed by atoms with Crippen LogP contribution in [0.5, 0.6) is 0 Å². The molecule has 0 aliphatic carbocycles. The predicted octanol–water partition coefficient (Wildman–Crippen LogP) is 8.37. The van der Waals surface area contributed by atoms with Gasteiger partial charge in [0.05, 0.1) is 0 Å². The number of hydrogen-bond donors (Lipinski definition) is 1. The van der Waals surface area contributed by atoms with Crippen molar-refractivity contribution < 1.29 is 4.42 Å². The molecule has 0 aliphatic heterocycles. The van der Waals surface area contributed by atoms with Gasteiger partial charge in [0.2, 0.25) is 0 Å². The second-order valence-corrected chi connectivity index (χ2v) is 8.81. The van der Waals surface area contributed by atoms with E-state index in [4.69, 9.17) is 9.40 Å². The fraction of sp³-hybridized carbons (Fsp3) is 0. The van der Waals surface area contributed by atoms with Gasteiger partial charge in [-0.1, -0.05) is 97.1 Å². The highest BCUT2D eigenvalue weighted by molar-refractivity contribution is 6.13. The smallest absolute Gasteiger partial charge is 0.181 e. The number of fused-ring (bicyclic) bond motifs is 3. The standard InChI is InChI=1S/C32H21N3O/c1-3-9-21(10-4-1)26-15-8-16-28-30(26)27-18-17-24(20-29(27)36-28)23-13-7-14-25(19-23)32-33-31(34-35-32)22-11-5-2-6-12-22/h1-20H,(H,33,34,35). The Morgan fingerprint density at radius 3 is 2.06 bits per heavy atom. The second-order valence-electron chi connectivity index (χ2n) is 8.81. The Kier molecular flexibility index (Phi) is 4.74. The zero-order valence-corrected chi connectivity index (χ0v) is 19.3. The van der Waals surface area contributed by atoms with Crippen LogP contribution in [0.4, 0.5) is 0 Å². The predicted molar refractivity (Wildman–Crippen MR) is 145 cm³/mol. The summed E-state index contributed by atoms with van der Waals surface area (Å²) in [4.78, 5) is 4.72. The first kappa shape index (κ1) is 20.4. The van der Waals surface area contributed by atoms with Gasteiger partial charge < -0.3 is 4.42 Å². The third kappa shape index (κ3) is 3.48. The van der Waals surface area contributed by atoms with Gasteiger partial charge in [-0.15, -0.1) is 0 Å². The van der Waals surface area contributed by atoms with E-state index in [1.165, 1.54) is 11.1 Å². The van der Waals surface area contributed by atoms with Crippen molar-refractivity contribution in [3.8, 4) is 45.0 Å². The summed E-state index contributed by atoms with van der Waals surface area (Å²) in [6.07, 6.45) is 0. The number of benzene rings is 5. The molecule has 0 saturated heterocycles. The van der Waals surface area contributed by atoms with Gasteiger partial charge in [-0.2, -0.15) is 5.10 Å². The SMILES string of the molecule is c1ccc(-c2nc(-c3cccc(-c4ccc5c(c4)oc4cccc(-c6ccccc6)c45)c3)n[nH]2)cc1. The zero-order chi connectivity index (χ0) is 23.9. The van der Waals surface area contributed by atoms with Gasteiger partial charge in [-0.25, -0.2) is 4.98 Å². The molecule has 7 rings (SSSR count). The highest BCUT2D eigenvalue weighted by atomic mass is 16.3. The Balaban J connectivity index is 1.29. The summed E-state index contributed by atoms with van der Waals surface area (Å²) in [5.41, 5.74) is 8.28. The first-order valence-electron chi connectivity index (χ1n) is 11.9. The number of hydrogen-bond acceptors (Lipinski definition) is 3. The number of rotatable bonds is 4. The summed E-state index contributed by atoms with van der Waals surface area (Å²) in [6.45, 7) is 0. The molecule has 1 N–H and O–H groups in total. The van der Waals surface area contributed by atoms with Gasteiger partial charge in [-0.05, 0) is 46.5 Å². The van der Waals surface area contributed by atoms with Crippen molar-refractivity contribution >= 4 is 21.9 Å². The highest BCUT2D eigenvalue weighted by Crippen LogP contribution is 2.38. The van der Waals surface area contributed by atoms with Crippen molar-refractivity contribution in [3.05, 3.63) is 121 Å². The van der Waals surface area contributed by atoms with E-state index in [1.54, 1.807) is 0 Å². The number of aromatic nitrogens is 3. The van der Waals surface area contributed by atoms with Crippen molar-refractivity contribution in [3.63, 3.8) is 0 Å². The average molecular weight is 464 g/mol. The number of nitrogens with zero attached hydrogens (tertiary/aromatic N) is 2. The summed E-state index contributed by atoms with van der Waals surface area (Å²) in [7, 11) is 0. The topological polar surface area (TPSA) is 54.7 Å². The molecule has 2 aromatic heterocycles. The Hall–Kier alpha value is -4.96. The first-order valence-corrected chi connectivity index (χ1v) is 11.9. The largest absolute Gasteiger partial charge is 0.456 e. The molecule has 0 bridgehead atoms. The average Bonchev–Trinajstić information content (AvgIpc) is 3.59. The van der Waals surface area contributed by atoms with Crippen molar-refractivity contribution in [2.75, 3.05) is 0 Å². The third-order valence-corrected chi connectivity index (χ3v) is 6.57. The van der Waals surface area contributed by atoms with Gasteiger partial charge in [0.25, 0.3) is 0 Å². The van der Waals surface area contributed by atoms with Crippen LogP contribution < -0.4 is 0 Å². The van der Waals surface area contributed by atoms with Crippen molar-refractivity contribution in [2.24, 2.45) is 0 Å². The second kappa shape index (κ2) is 8.36. The molecule has 36 heavy (non-hydrogen) atoms. The van der Waals surface area contributed by atoms with E-state index in [-0.39, 0.29) is 0 Å². The molecule has 4 heteroatoms. The fourth-order valence-corrected chi connectivity index (χ4v) is 4.82. The van der Waals surface area contributed by atoms with E-state index in [1.807, 2.05) is 54.6 Å². The normalized spacial score (nSPS) is 11.3. The summed E-state index contributed by atoms with van der Waals surface area (Å²) in [6, 6.07) is 41.5. The molecule has 170 valence electrons. The molecule has 4 nitrogen and oxygen atoms in total. The lowest BCUT2D eigenvalue weighted by Gasteiger charge is -2.05. The Bertz CT molecular complexity index is 1830. The van der Waals surface area contributed by atoms with Crippen LogP contribution in [-0.4, -0.2) is 15.2 Å². The fourth-order valence-electron chi connectivity index (χ4n) is 4.82. The number of nitrogens with one attached hydrogen (secondary N) is 1. The van der Waals surface area contributed by atoms with Crippen LogP contribution >= 0.6 is 0 Å². The monoisotopic (exact) mass is 463 g/mol. The van der Waals surface area contributed by atoms with Gasteiger partial charge in [-0.3, -0.25) is 5.10 Å². The van der Waals surface area contributed by atoms with Crippen molar-refractivity contribution in [1.82, 2.24) is 15.2 Å². The van der Waals surface area contributed by atoms with E-state index < -0.39 is 0 Å². The molecule has 0 unspecified atom stereocenters. The van der Waals surface area contributed by atoms with Gasteiger partial charge in [0.15, 0.2) is 11.6 Å². The maximum atomic E-state index is 6.31. The van der Waals surface area contributed by atoms with E-state index in [2.05, 4.69) is 76.9 Å². The van der Waals surface area contributed by atoms with Crippen LogP contribution in [0.2, 0.25) is 0 Å². The zero-order valence-electron chi connectivity index (χ0n) is 19.3. The molecule has 0 saturated carbocycles. The molecular formula is C32H21N3O. The molecule has 0 radical (unpaired) electrons. The van der Waals surface area contributed by atoms with E-state index >= 15 is 0 Å². The van der Waals surface area contributed by atoms with Crippen LogP contribution in [0, 0.1) is 0 Å². The van der Waals surface area contributed by atoms with E-state index in [0.29, 0.717) is 5.82 Å². The van der Waals surface area contributed by atoms with E-state index in [9.17, 15) is 0 Å². The number of H-pyrrole nitrogens is 1. The van der Waals surface area contributed by atoms with Crippen LogP contribution in [0.1, 0.15) is 0 Å². The van der Waals surface area contributed by atoms with Crippen LogP contribution in [0.3, 0.4) is 0 Å². The highest BCUT2D eigenvalue weighted by Gasteiger charge is 2.14. The quantitative estimate of drug-likeness (QED) is 0.285. The lowest BCUT2D eigenvalue weighted by atomic mass is 9.97. The van der Waals surface area contributed by atoms with Crippen LogP contribution in [0.15, 0.2) is 126 Å². The van der Waals surface area contributed by atoms with Crippen LogP contribution in [-0.2, 0) is 0 Å². The van der Waals surface area contributed by atoms with Crippen molar-refractivity contribution in [1.29, 1.82) is 0 Å². The minimum absolute atomic E-state index is 0.674. The van der Waals surface area contributed by atoms with Crippen LogP contribution in [0.25, 0.3) is 67.0 Å². The molecule has 0 aliphatic rings. The van der Waals surface area contributed by atoms with Crippen molar-refractivity contribution in [2.45, 2.75) is 0 Å².